The highest BCUT2D eigenvalue weighted by Gasteiger charge is 2.16. The summed E-state index contributed by atoms with van der Waals surface area (Å²) in [5, 5.41) is 11.5. The monoisotopic (exact) mass is 282 g/mol. The van der Waals surface area contributed by atoms with Crippen molar-refractivity contribution < 1.29 is 14.2 Å². The quantitative estimate of drug-likeness (QED) is 0.740. The van der Waals surface area contributed by atoms with Gasteiger partial charge in [-0.25, -0.2) is 4.39 Å². The van der Waals surface area contributed by atoms with E-state index in [0.717, 1.165) is 10.9 Å². The highest BCUT2D eigenvalue weighted by Crippen LogP contribution is 2.41. The molecule has 0 atom stereocenters. The van der Waals surface area contributed by atoms with E-state index in [2.05, 4.69) is 0 Å². The molecule has 106 valence electrons. The number of benzene rings is 3. The normalized spacial score (nSPS) is 10.8. The second-order valence-corrected chi connectivity index (χ2v) is 4.95. The number of halogens is 1. The van der Waals surface area contributed by atoms with Gasteiger partial charge in [0.05, 0.1) is 7.11 Å². The van der Waals surface area contributed by atoms with E-state index < -0.39 is 0 Å². The Balaban J connectivity index is 2.47. The molecule has 0 unspecified atom stereocenters. The smallest absolute Gasteiger partial charge is 0.131 e. The SMILES string of the molecule is COc1c(C)cc(O)c2cccc(-c3ccccc3F)c12. The van der Waals surface area contributed by atoms with Gasteiger partial charge in [-0.3, -0.25) is 0 Å². The molecule has 0 aliphatic heterocycles. The molecule has 0 aliphatic carbocycles. The van der Waals surface area contributed by atoms with Crippen LogP contribution >= 0.6 is 0 Å². The first kappa shape index (κ1) is 13.4. The fourth-order valence-electron chi connectivity index (χ4n) is 2.72. The summed E-state index contributed by atoms with van der Waals surface area (Å²) >= 11 is 0. The van der Waals surface area contributed by atoms with E-state index in [1.807, 2.05) is 13.0 Å². The molecule has 0 heterocycles. The lowest BCUT2D eigenvalue weighted by Gasteiger charge is -2.15. The minimum absolute atomic E-state index is 0.168. The standard InChI is InChI=1S/C18H15FO2/c1-11-10-16(20)14-8-5-7-13(17(14)18(11)21-2)12-6-3-4-9-15(12)19/h3-10,20H,1-2H3. The van der Waals surface area contributed by atoms with Crippen LogP contribution in [0.25, 0.3) is 21.9 Å². The Morgan fingerprint density at radius 2 is 1.71 bits per heavy atom. The third-order valence-corrected chi connectivity index (χ3v) is 3.65. The molecule has 0 fully saturated rings. The van der Waals surface area contributed by atoms with Gasteiger partial charge in [0.25, 0.3) is 0 Å². The molecule has 0 bridgehead atoms. The first-order valence-electron chi connectivity index (χ1n) is 6.67. The van der Waals surface area contributed by atoms with Crippen molar-refractivity contribution in [3.05, 3.63) is 59.9 Å². The number of fused-ring (bicyclic) bond motifs is 1. The third-order valence-electron chi connectivity index (χ3n) is 3.65. The minimum Gasteiger partial charge on any atom is -0.507 e. The first-order valence-corrected chi connectivity index (χ1v) is 6.67. The Morgan fingerprint density at radius 3 is 2.43 bits per heavy atom. The molecule has 3 aromatic rings. The fraction of sp³-hybridized carbons (Fsp3) is 0.111. The van der Waals surface area contributed by atoms with Gasteiger partial charge in [0.2, 0.25) is 0 Å². The van der Waals surface area contributed by atoms with Crippen LogP contribution in [0.2, 0.25) is 0 Å². The van der Waals surface area contributed by atoms with Gasteiger partial charge in [0.15, 0.2) is 0 Å². The molecular formula is C18H15FO2. The highest BCUT2D eigenvalue weighted by atomic mass is 19.1. The average Bonchev–Trinajstić information content (AvgIpc) is 2.48. The van der Waals surface area contributed by atoms with Crippen molar-refractivity contribution in [2.75, 3.05) is 7.11 Å². The molecule has 0 spiro atoms. The average molecular weight is 282 g/mol. The summed E-state index contributed by atoms with van der Waals surface area (Å²) in [6.07, 6.45) is 0. The van der Waals surface area contributed by atoms with Crippen LogP contribution in [0.4, 0.5) is 4.39 Å². The van der Waals surface area contributed by atoms with Crippen molar-refractivity contribution >= 4 is 10.8 Å². The molecule has 2 nitrogen and oxygen atoms in total. The van der Waals surface area contributed by atoms with Gasteiger partial charge in [-0.05, 0) is 30.2 Å². The van der Waals surface area contributed by atoms with Crippen molar-refractivity contribution in [3.63, 3.8) is 0 Å². The van der Waals surface area contributed by atoms with Crippen LogP contribution in [0.5, 0.6) is 11.5 Å². The fourth-order valence-corrected chi connectivity index (χ4v) is 2.72. The van der Waals surface area contributed by atoms with E-state index in [9.17, 15) is 9.50 Å². The number of phenolic OH excluding ortho intramolecular Hbond substituents is 1. The maximum absolute atomic E-state index is 14.1. The topological polar surface area (TPSA) is 29.5 Å². The van der Waals surface area contributed by atoms with E-state index in [4.69, 9.17) is 4.74 Å². The number of aromatic hydroxyl groups is 1. The number of rotatable bonds is 2. The van der Waals surface area contributed by atoms with Crippen molar-refractivity contribution in [2.45, 2.75) is 6.92 Å². The molecule has 21 heavy (non-hydrogen) atoms. The Morgan fingerprint density at radius 1 is 1.00 bits per heavy atom. The summed E-state index contributed by atoms with van der Waals surface area (Å²) in [6.45, 7) is 1.86. The van der Waals surface area contributed by atoms with Crippen LogP contribution in [0.3, 0.4) is 0 Å². The molecule has 0 aliphatic rings. The van der Waals surface area contributed by atoms with Crippen LogP contribution < -0.4 is 4.74 Å². The number of aryl methyl sites for hydroxylation is 1. The van der Waals surface area contributed by atoms with Crippen molar-refractivity contribution in [3.8, 4) is 22.6 Å². The highest BCUT2D eigenvalue weighted by molar-refractivity contribution is 6.04. The molecule has 3 aromatic carbocycles. The zero-order valence-corrected chi connectivity index (χ0v) is 11.9. The van der Waals surface area contributed by atoms with Gasteiger partial charge in [-0.15, -0.1) is 0 Å². The molecule has 0 radical (unpaired) electrons. The Kier molecular flexibility index (Phi) is 3.26. The van der Waals surface area contributed by atoms with E-state index in [0.29, 0.717) is 22.3 Å². The summed E-state index contributed by atoms with van der Waals surface area (Å²) in [6, 6.07) is 13.7. The number of ether oxygens (including phenoxy) is 1. The number of hydrogen-bond donors (Lipinski definition) is 1. The van der Waals surface area contributed by atoms with Gasteiger partial charge in [0.1, 0.15) is 17.3 Å². The number of phenols is 1. The van der Waals surface area contributed by atoms with Gasteiger partial charge < -0.3 is 9.84 Å². The first-order chi connectivity index (χ1) is 10.1. The van der Waals surface area contributed by atoms with Crippen LogP contribution in [-0.2, 0) is 0 Å². The summed E-state index contributed by atoms with van der Waals surface area (Å²) in [5.41, 5.74) is 2.01. The van der Waals surface area contributed by atoms with Crippen molar-refractivity contribution in [1.82, 2.24) is 0 Å². The third kappa shape index (κ3) is 2.11. The zero-order chi connectivity index (χ0) is 15.0. The lowest BCUT2D eigenvalue weighted by atomic mass is 9.95. The van der Waals surface area contributed by atoms with Crippen LogP contribution in [-0.4, -0.2) is 12.2 Å². The van der Waals surface area contributed by atoms with Gasteiger partial charge in [-0.2, -0.15) is 0 Å². The summed E-state index contributed by atoms with van der Waals surface area (Å²) in [5.74, 6) is 0.524. The molecule has 3 heteroatoms. The second-order valence-electron chi connectivity index (χ2n) is 4.95. The van der Waals surface area contributed by atoms with E-state index in [1.54, 1.807) is 43.5 Å². The predicted molar refractivity (Wildman–Crippen MR) is 82.3 cm³/mol. The minimum atomic E-state index is -0.298. The van der Waals surface area contributed by atoms with Crippen LogP contribution in [0, 0.1) is 12.7 Å². The molecule has 0 aromatic heterocycles. The summed E-state index contributed by atoms with van der Waals surface area (Å²) in [7, 11) is 1.58. The van der Waals surface area contributed by atoms with Crippen molar-refractivity contribution in [2.24, 2.45) is 0 Å². The molecule has 0 saturated heterocycles. The molecule has 3 rings (SSSR count). The maximum atomic E-state index is 14.1. The molecular weight excluding hydrogens is 267 g/mol. The van der Waals surface area contributed by atoms with E-state index in [1.165, 1.54) is 6.07 Å². The second kappa shape index (κ2) is 5.09. The largest absolute Gasteiger partial charge is 0.507 e. The van der Waals surface area contributed by atoms with Gasteiger partial charge >= 0.3 is 0 Å². The predicted octanol–water partition coefficient (Wildman–Crippen LogP) is 4.67. The lowest BCUT2D eigenvalue weighted by Crippen LogP contribution is -1.93. The molecule has 0 amide bonds. The number of hydrogen-bond acceptors (Lipinski definition) is 2. The molecule has 0 saturated carbocycles. The Labute approximate surface area is 122 Å². The summed E-state index contributed by atoms with van der Waals surface area (Å²) < 4.78 is 19.6. The van der Waals surface area contributed by atoms with Gasteiger partial charge in [-0.1, -0.05) is 36.4 Å². The molecule has 1 N–H and O–H groups in total. The number of methoxy groups -OCH3 is 1. The Bertz CT molecular complexity index is 825. The van der Waals surface area contributed by atoms with E-state index >= 15 is 0 Å². The van der Waals surface area contributed by atoms with Gasteiger partial charge in [0, 0.05) is 16.3 Å². The zero-order valence-electron chi connectivity index (χ0n) is 11.9. The lowest BCUT2D eigenvalue weighted by molar-refractivity contribution is 0.415. The van der Waals surface area contributed by atoms with Crippen LogP contribution in [0.15, 0.2) is 48.5 Å². The summed E-state index contributed by atoms with van der Waals surface area (Å²) in [4.78, 5) is 0. The maximum Gasteiger partial charge on any atom is 0.131 e. The van der Waals surface area contributed by atoms with E-state index in [-0.39, 0.29) is 11.6 Å². The van der Waals surface area contributed by atoms with Crippen molar-refractivity contribution in [1.29, 1.82) is 0 Å². The Hall–Kier alpha value is -2.55. The van der Waals surface area contributed by atoms with Crippen LogP contribution in [0.1, 0.15) is 5.56 Å².